The van der Waals surface area contributed by atoms with E-state index in [1.165, 1.54) is 6.20 Å². The van der Waals surface area contributed by atoms with Gasteiger partial charge >= 0.3 is 0 Å². The van der Waals surface area contributed by atoms with Crippen LogP contribution in [0, 0.1) is 6.92 Å². The molecule has 3 rings (SSSR count). The second-order valence-corrected chi connectivity index (χ2v) is 8.24. The number of hydrogen-bond donors (Lipinski definition) is 0. The minimum atomic E-state index is -3.18. The van der Waals surface area contributed by atoms with E-state index >= 15 is 0 Å². The van der Waals surface area contributed by atoms with Gasteiger partial charge in [-0.3, -0.25) is 14.5 Å². The average molecular weight is 348 g/mol. The lowest BCUT2D eigenvalue weighted by atomic mass is 10.1. The Balaban J connectivity index is 1.96. The molecule has 1 atom stereocenters. The summed E-state index contributed by atoms with van der Waals surface area (Å²) in [6, 6.07) is 1.25. The van der Waals surface area contributed by atoms with Gasteiger partial charge in [-0.05, 0) is 25.5 Å². The van der Waals surface area contributed by atoms with Crippen molar-refractivity contribution in [3.8, 4) is 0 Å². The van der Waals surface area contributed by atoms with Gasteiger partial charge in [-0.15, -0.1) is 0 Å². The normalized spacial score (nSPS) is 20.1. The van der Waals surface area contributed by atoms with Crippen LogP contribution in [0.5, 0.6) is 0 Å². The molecule has 2 aromatic heterocycles. The molecule has 3 heterocycles. The van der Waals surface area contributed by atoms with E-state index in [-0.39, 0.29) is 24.0 Å². The molecule has 0 aromatic carbocycles. The summed E-state index contributed by atoms with van der Waals surface area (Å²) < 4.78 is 25.9. The molecule has 1 aliphatic rings. The van der Waals surface area contributed by atoms with Crippen LogP contribution in [0.2, 0.25) is 0 Å². The van der Waals surface area contributed by atoms with E-state index in [9.17, 15) is 13.2 Å². The average Bonchev–Trinajstić information content (AvgIpc) is 3.02. The molecule has 0 saturated carbocycles. The predicted octanol–water partition coefficient (Wildman–Crippen LogP) is 1.22. The monoisotopic (exact) mass is 348 g/mol. The second kappa shape index (κ2) is 6.35. The van der Waals surface area contributed by atoms with Gasteiger partial charge in [0, 0.05) is 37.2 Å². The molecule has 24 heavy (non-hydrogen) atoms. The van der Waals surface area contributed by atoms with Gasteiger partial charge < -0.3 is 4.90 Å². The molecular weight excluding hydrogens is 328 g/mol. The summed E-state index contributed by atoms with van der Waals surface area (Å²) in [5.74, 6) is -0.292. The maximum absolute atomic E-state index is 12.9. The van der Waals surface area contributed by atoms with Crippen molar-refractivity contribution < 1.29 is 13.2 Å². The van der Waals surface area contributed by atoms with Crippen molar-refractivity contribution in [3.05, 3.63) is 47.5 Å². The van der Waals surface area contributed by atoms with Gasteiger partial charge in [0.15, 0.2) is 9.84 Å². The van der Waals surface area contributed by atoms with E-state index in [2.05, 4.69) is 10.1 Å². The van der Waals surface area contributed by atoms with Crippen molar-refractivity contribution in [2.75, 3.05) is 18.1 Å². The molecule has 0 aliphatic carbocycles. The fourth-order valence-corrected chi connectivity index (χ4v) is 4.38. The summed E-state index contributed by atoms with van der Waals surface area (Å²) in [6.07, 6.45) is 6.65. The number of aromatic nitrogens is 3. The molecule has 128 valence electrons. The Bertz CT molecular complexity index is 860. The van der Waals surface area contributed by atoms with Crippen molar-refractivity contribution in [2.24, 2.45) is 0 Å². The number of carbonyl (C=O) groups excluding carboxylic acids is 1. The smallest absolute Gasteiger partial charge is 0.256 e. The highest BCUT2D eigenvalue weighted by atomic mass is 32.2. The zero-order valence-electron chi connectivity index (χ0n) is 13.7. The minimum absolute atomic E-state index is 0.0175. The Morgan fingerprint density at radius 3 is 2.79 bits per heavy atom. The molecule has 1 fully saturated rings. The van der Waals surface area contributed by atoms with Crippen molar-refractivity contribution in [3.63, 3.8) is 0 Å². The van der Waals surface area contributed by atoms with Crippen LogP contribution >= 0.6 is 0 Å². The largest absolute Gasteiger partial charge is 0.329 e. The van der Waals surface area contributed by atoms with E-state index < -0.39 is 15.9 Å². The lowest BCUT2D eigenvalue weighted by molar-refractivity contribution is 0.0697. The molecule has 1 amide bonds. The SMILES string of the molecule is CCn1cc([C@@H]2CS(=O)(=O)CCN2C(=O)c2cncc(C)c2)cn1. The van der Waals surface area contributed by atoms with Gasteiger partial charge in [-0.1, -0.05) is 0 Å². The third kappa shape index (κ3) is 3.33. The van der Waals surface area contributed by atoms with Crippen molar-refractivity contribution in [1.82, 2.24) is 19.7 Å². The highest BCUT2D eigenvalue weighted by molar-refractivity contribution is 7.91. The third-order valence-corrected chi connectivity index (χ3v) is 5.80. The summed E-state index contributed by atoms with van der Waals surface area (Å²) in [7, 11) is -3.18. The fourth-order valence-electron chi connectivity index (χ4n) is 2.89. The maximum Gasteiger partial charge on any atom is 0.256 e. The Morgan fingerprint density at radius 2 is 2.12 bits per heavy atom. The molecule has 1 aliphatic heterocycles. The minimum Gasteiger partial charge on any atom is -0.329 e. The molecule has 0 unspecified atom stereocenters. The topological polar surface area (TPSA) is 85.2 Å². The number of amides is 1. The Morgan fingerprint density at radius 1 is 1.33 bits per heavy atom. The number of sulfone groups is 1. The molecule has 0 radical (unpaired) electrons. The zero-order valence-corrected chi connectivity index (χ0v) is 14.5. The number of nitrogens with zero attached hydrogens (tertiary/aromatic N) is 4. The maximum atomic E-state index is 12.9. The highest BCUT2D eigenvalue weighted by Gasteiger charge is 2.36. The quantitative estimate of drug-likeness (QED) is 0.832. The van der Waals surface area contributed by atoms with E-state index in [0.29, 0.717) is 12.1 Å². The lowest BCUT2D eigenvalue weighted by Gasteiger charge is -2.35. The van der Waals surface area contributed by atoms with Crippen LogP contribution in [-0.2, 0) is 16.4 Å². The molecule has 0 N–H and O–H groups in total. The van der Waals surface area contributed by atoms with Crippen molar-refractivity contribution in [1.29, 1.82) is 0 Å². The number of aryl methyl sites for hydroxylation is 2. The van der Waals surface area contributed by atoms with Gasteiger partial charge in [-0.2, -0.15) is 5.10 Å². The van der Waals surface area contributed by atoms with Gasteiger partial charge in [0.05, 0.1) is 29.3 Å². The summed E-state index contributed by atoms with van der Waals surface area (Å²) in [5.41, 5.74) is 2.11. The molecule has 1 saturated heterocycles. The van der Waals surface area contributed by atoms with E-state index in [0.717, 1.165) is 11.1 Å². The molecule has 0 spiro atoms. The molecule has 2 aromatic rings. The van der Waals surface area contributed by atoms with Crippen LogP contribution < -0.4 is 0 Å². The summed E-state index contributed by atoms with van der Waals surface area (Å²) in [5, 5.41) is 4.21. The first-order valence-corrected chi connectivity index (χ1v) is 9.67. The first kappa shape index (κ1) is 16.6. The number of pyridine rings is 1. The van der Waals surface area contributed by atoms with Gasteiger partial charge in [-0.25, -0.2) is 8.42 Å². The van der Waals surface area contributed by atoms with Gasteiger partial charge in [0.25, 0.3) is 5.91 Å². The summed E-state index contributed by atoms with van der Waals surface area (Å²) >= 11 is 0. The first-order valence-electron chi connectivity index (χ1n) is 7.85. The van der Waals surface area contributed by atoms with Gasteiger partial charge in [0.2, 0.25) is 0 Å². The standard InChI is InChI=1S/C16H20N4O3S/c1-3-19-10-14(9-18-19)15-11-24(22,23)5-4-20(15)16(21)13-6-12(2)7-17-8-13/h6-10,15H,3-5,11H2,1-2H3/t15-/m0/s1. The molecular formula is C16H20N4O3S. The van der Waals surface area contributed by atoms with Crippen LogP contribution in [0.1, 0.15) is 34.5 Å². The van der Waals surface area contributed by atoms with E-state index in [4.69, 9.17) is 0 Å². The van der Waals surface area contributed by atoms with Crippen LogP contribution in [0.15, 0.2) is 30.9 Å². The zero-order chi connectivity index (χ0) is 17.3. The molecule has 7 nitrogen and oxygen atoms in total. The first-order chi connectivity index (χ1) is 11.4. The van der Waals surface area contributed by atoms with Crippen LogP contribution in [0.25, 0.3) is 0 Å². The van der Waals surface area contributed by atoms with Gasteiger partial charge in [0.1, 0.15) is 0 Å². The van der Waals surface area contributed by atoms with E-state index in [1.807, 2.05) is 13.8 Å². The highest BCUT2D eigenvalue weighted by Crippen LogP contribution is 2.28. The van der Waals surface area contributed by atoms with Crippen LogP contribution in [0.3, 0.4) is 0 Å². The van der Waals surface area contributed by atoms with Crippen molar-refractivity contribution in [2.45, 2.75) is 26.4 Å². The molecule has 8 heteroatoms. The summed E-state index contributed by atoms with van der Waals surface area (Å²) in [6.45, 7) is 4.69. The number of rotatable bonds is 3. The second-order valence-electron chi connectivity index (χ2n) is 6.01. The summed E-state index contributed by atoms with van der Waals surface area (Å²) in [4.78, 5) is 18.6. The molecule has 0 bridgehead atoms. The number of hydrogen-bond acceptors (Lipinski definition) is 5. The Labute approximate surface area is 141 Å². The lowest BCUT2D eigenvalue weighted by Crippen LogP contribution is -2.46. The Hall–Kier alpha value is -2.22. The van der Waals surface area contributed by atoms with E-state index in [1.54, 1.807) is 34.2 Å². The van der Waals surface area contributed by atoms with Crippen LogP contribution in [0.4, 0.5) is 0 Å². The third-order valence-electron chi connectivity index (χ3n) is 4.18. The predicted molar refractivity (Wildman–Crippen MR) is 89.3 cm³/mol. The van der Waals surface area contributed by atoms with Crippen molar-refractivity contribution >= 4 is 15.7 Å². The van der Waals surface area contributed by atoms with Crippen LogP contribution in [-0.4, -0.2) is 52.0 Å². The number of carbonyl (C=O) groups is 1. The fraction of sp³-hybridized carbons (Fsp3) is 0.438. The Kier molecular flexibility index (Phi) is 4.40.